The van der Waals surface area contributed by atoms with Crippen LogP contribution in [0.4, 0.5) is 0 Å². The van der Waals surface area contributed by atoms with Gasteiger partial charge in [-0.1, -0.05) is 43.7 Å². The predicted molar refractivity (Wildman–Crippen MR) is 99.3 cm³/mol. The molecule has 1 fully saturated rings. The third-order valence-electron chi connectivity index (χ3n) is 4.49. The summed E-state index contributed by atoms with van der Waals surface area (Å²) < 4.78 is 11.3. The number of rotatable bonds is 12. The molecule has 0 spiro atoms. The van der Waals surface area contributed by atoms with Gasteiger partial charge in [0.25, 0.3) is 0 Å². The highest BCUT2D eigenvalue weighted by Gasteiger charge is 2.16. The second-order valence-electron chi connectivity index (χ2n) is 6.54. The van der Waals surface area contributed by atoms with E-state index in [9.17, 15) is 0 Å². The molecule has 4 nitrogen and oxygen atoms in total. The minimum Gasteiger partial charge on any atom is -0.381 e. The van der Waals surface area contributed by atoms with Gasteiger partial charge in [-0.15, -0.1) is 0 Å². The van der Waals surface area contributed by atoms with Crippen molar-refractivity contribution in [3.8, 4) is 0 Å². The Kier molecular flexibility index (Phi) is 10.0. The molecule has 0 N–H and O–H groups in total. The molecule has 0 bridgehead atoms. The number of hydrogen-bond donors (Lipinski definition) is 0. The van der Waals surface area contributed by atoms with E-state index in [1.807, 2.05) is 0 Å². The summed E-state index contributed by atoms with van der Waals surface area (Å²) in [6, 6.07) is 10.8. The minimum absolute atomic E-state index is 0.820. The number of unbranched alkanes of at least 4 members (excludes halogenated alkanes) is 1. The van der Waals surface area contributed by atoms with Crippen LogP contribution < -0.4 is 0 Å². The number of nitrogens with zero attached hydrogens (tertiary/aromatic N) is 2. The van der Waals surface area contributed by atoms with Gasteiger partial charge in [0.1, 0.15) is 0 Å². The zero-order chi connectivity index (χ0) is 16.9. The lowest BCUT2D eigenvalue weighted by Crippen LogP contribution is -2.46. The molecule has 0 amide bonds. The molecule has 0 radical (unpaired) electrons. The fourth-order valence-corrected chi connectivity index (χ4v) is 2.92. The summed E-state index contributed by atoms with van der Waals surface area (Å²) in [6.07, 6.45) is 3.38. The fraction of sp³-hybridized carbons (Fsp3) is 0.700. The van der Waals surface area contributed by atoms with Gasteiger partial charge in [-0.2, -0.15) is 0 Å². The lowest BCUT2D eigenvalue weighted by molar-refractivity contribution is 0.0564. The first-order chi connectivity index (χ1) is 11.9. The molecule has 4 heteroatoms. The van der Waals surface area contributed by atoms with Crippen LogP contribution in [-0.4, -0.2) is 69.0 Å². The fourth-order valence-electron chi connectivity index (χ4n) is 2.92. The minimum atomic E-state index is 0.820. The molecule has 1 heterocycles. The summed E-state index contributed by atoms with van der Waals surface area (Å²) in [5.41, 5.74) is 1.41. The Labute approximate surface area is 147 Å². The van der Waals surface area contributed by atoms with Crippen LogP contribution in [0, 0.1) is 0 Å². The molecular formula is C20H34N2O2. The number of benzene rings is 1. The summed E-state index contributed by atoms with van der Waals surface area (Å²) in [6.45, 7) is 12.3. The third-order valence-corrected chi connectivity index (χ3v) is 4.49. The molecule has 1 aliphatic heterocycles. The normalized spacial score (nSPS) is 16.5. The van der Waals surface area contributed by atoms with Crippen LogP contribution in [0.2, 0.25) is 0 Å². The average molecular weight is 335 g/mol. The zero-order valence-corrected chi connectivity index (χ0v) is 15.3. The monoisotopic (exact) mass is 334 g/mol. The van der Waals surface area contributed by atoms with Crippen LogP contribution in [0.5, 0.6) is 0 Å². The molecular weight excluding hydrogens is 300 g/mol. The Bertz CT molecular complexity index is 405. The standard InChI is InChI=1S/C20H34N2O2/c1-2-3-15-23-16-7-17-24-18-14-21-10-12-22(13-11-21)19-20-8-5-4-6-9-20/h4-6,8-9H,2-3,7,10-19H2,1H3. The van der Waals surface area contributed by atoms with Crippen molar-refractivity contribution < 1.29 is 9.47 Å². The summed E-state index contributed by atoms with van der Waals surface area (Å²) in [7, 11) is 0. The Morgan fingerprint density at radius 1 is 0.792 bits per heavy atom. The maximum Gasteiger partial charge on any atom is 0.0593 e. The van der Waals surface area contributed by atoms with E-state index in [0.717, 1.165) is 78.5 Å². The Hall–Kier alpha value is -0.940. The first kappa shape index (κ1) is 19.4. The van der Waals surface area contributed by atoms with E-state index in [0.29, 0.717) is 0 Å². The van der Waals surface area contributed by atoms with Crippen molar-refractivity contribution in [1.82, 2.24) is 9.80 Å². The van der Waals surface area contributed by atoms with Crippen LogP contribution in [-0.2, 0) is 16.0 Å². The first-order valence-corrected chi connectivity index (χ1v) is 9.52. The molecule has 1 aromatic carbocycles. The van der Waals surface area contributed by atoms with Gasteiger partial charge in [0.15, 0.2) is 0 Å². The van der Waals surface area contributed by atoms with Crippen molar-refractivity contribution in [2.45, 2.75) is 32.7 Å². The van der Waals surface area contributed by atoms with Crippen molar-refractivity contribution in [1.29, 1.82) is 0 Å². The van der Waals surface area contributed by atoms with Gasteiger partial charge in [-0.25, -0.2) is 0 Å². The van der Waals surface area contributed by atoms with Crippen LogP contribution >= 0.6 is 0 Å². The maximum atomic E-state index is 5.73. The predicted octanol–water partition coefficient (Wildman–Crippen LogP) is 3.03. The van der Waals surface area contributed by atoms with E-state index in [-0.39, 0.29) is 0 Å². The molecule has 0 saturated carbocycles. The lowest BCUT2D eigenvalue weighted by atomic mass is 10.2. The van der Waals surface area contributed by atoms with Gasteiger partial charge in [0, 0.05) is 59.1 Å². The molecule has 136 valence electrons. The summed E-state index contributed by atoms with van der Waals surface area (Å²) in [4.78, 5) is 5.06. The summed E-state index contributed by atoms with van der Waals surface area (Å²) >= 11 is 0. The first-order valence-electron chi connectivity index (χ1n) is 9.52. The molecule has 0 unspecified atom stereocenters. The smallest absolute Gasteiger partial charge is 0.0593 e. The van der Waals surface area contributed by atoms with Crippen molar-refractivity contribution in [3.63, 3.8) is 0 Å². The molecule has 0 aliphatic carbocycles. The van der Waals surface area contributed by atoms with E-state index >= 15 is 0 Å². The Morgan fingerprint density at radius 2 is 1.42 bits per heavy atom. The largest absolute Gasteiger partial charge is 0.381 e. The number of piperazine rings is 1. The number of ether oxygens (including phenoxy) is 2. The van der Waals surface area contributed by atoms with E-state index < -0.39 is 0 Å². The molecule has 0 aromatic heterocycles. The molecule has 1 aliphatic rings. The molecule has 1 aromatic rings. The summed E-state index contributed by atoms with van der Waals surface area (Å²) in [5, 5.41) is 0. The van der Waals surface area contributed by atoms with E-state index in [2.05, 4.69) is 47.1 Å². The molecule has 1 saturated heterocycles. The second kappa shape index (κ2) is 12.4. The van der Waals surface area contributed by atoms with Crippen LogP contribution in [0.15, 0.2) is 30.3 Å². The molecule has 0 atom stereocenters. The Balaban J connectivity index is 1.44. The number of hydrogen-bond acceptors (Lipinski definition) is 4. The maximum absolute atomic E-state index is 5.73. The highest BCUT2D eigenvalue weighted by atomic mass is 16.5. The average Bonchev–Trinajstić information content (AvgIpc) is 2.62. The van der Waals surface area contributed by atoms with Gasteiger partial charge >= 0.3 is 0 Å². The van der Waals surface area contributed by atoms with Gasteiger partial charge in [-0.3, -0.25) is 9.80 Å². The van der Waals surface area contributed by atoms with Gasteiger partial charge in [0.05, 0.1) is 6.61 Å². The SMILES string of the molecule is CCCCOCCCOCCN1CCN(Cc2ccccc2)CC1. The third kappa shape index (κ3) is 8.25. The van der Waals surface area contributed by atoms with Crippen molar-refractivity contribution in [2.24, 2.45) is 0 Å². The zero-order valence-electron chi connectivity index (χ0n) is 15.3. The topological polar surface area (TPSA) is 24.9 Å². The van der Waals surface area contributed by atoms with Gasteiger partial charge in [0.2, 0.25) is 0 Å². The van der Waals surface area contributed by atoms with Crippen molar-refractivity contribution in [2.75, 3.05) is 59.2 Å². The lowest BCUT2D eigenvalue weighted by Gasteiger charge is -2.34. The summed E-state index contributed by atoms with van der Waals surface area (Å²) in [5.74, 6) is 0. The Morgan fingerprint density at radius 3 is 2.12 bits per heavy atom. The van der Waals surface area contributed by atoms with Crippen molar-refractivity contribution in [3.05, 3.63) is 35.9 Å². The van der Waals surface area contributed by atoms with Crippen molar-refractivity contribution >= 4 is 0 Å². The van der Waals surface area contributed by atoms with E-state index in [4.69, 9.17) is 9.47 Å². The van der Waals surface area contributed by atoms with Crippen LogP contribution in [0.3, 0.4) is 0 Å². The van der Waals surface area contributed by atoms with E-state index in [1.54, 1.807) is 0 Å². The second-order valence-corrected chi connectivity index (χ2v) is 6.54. The van der Waals surface area contributed by atoms with E-state index in [1.165, 1.54) is 12.0 Å². The highest BCUT2D eigenvalue weighted by Crippen LogP contribution is 2.08. The molecule has 2 rings (SSSR count). The van der Waals surface area contributed by atoms with Gasteiger partial charge < -0.3 is 9.47 Å². The highest BCUT2D eigenvalue weighted by molar-refractivity contribution is 5.14. The quantitative estimate of drug-likeness (QED) is 0.549. The van der Waals surface area contributed by atoms with Gasteiger partial charge in [-0.05, 0) is 18.4 Å². The van der Waals surface area contributed by atoms with Crippen LogP contribution in [0.25, 0.3) is 0 Å². The van der Waals surface area contributed by atoms with Crippen LogP contribution in [0.1, 0.15) is 31.7 Å². The molecule has 24 heavy (non-hydrogen) atoms.